The Morgan fingerprint density at radius 1 is 1.23 bits per heavy atom. The minimum atomic E-state index is -0.485. The Labute approximate surface area is 177 Å². The second kappa shape index (κ2) is 7.71. The van der Waals surface area contributed by atoms with Crippen LogP contribution in [0.4, 0.5) is 5.69 Å². The van der Waals surface area contributed by atoms with Crippen molar-refractivity contribution in [3.63, 3.8) is 0 Å². The lowest BCUT2D eigenvalue weighted by molar-refractivity contribution is -0.384. The summed E-state index contributed by atoms with van der Waals surface area (Å²) in [6, 6.07) is 11.7. The summed E-state index contributed by atoms with van der Waals surface area (Å²) in [5.74, 6) is 1.02. The number of nitrogens with zero attached hydrogens (tertiary/aromatic N) is 4. The first-order valence-electron chi connectivity index (χ1n) is 9.62. The van der Waals surface area contributed by atoms with Gasteiger partial charge in [-0.05, 0) is 30.7 Å². The van der Waals surface area contributed by atoms with Crippen LogP contribution in [0.3, 0.4) is 0 Å². The molecular formula is C21H21N5O5. The van der Waals surface area contributed by atoms with Crippen molar-refractivity contribution in [3.05, 3.63) is 69.5 Å². The first-order valence-corrected chi connectivity index (χ1v) is 9.62. The zero-order valence-corrected chi connectivity index (χ0v) is 17.3. The standard InChI is InChI=1S/C21H21N5O5/c1-13-19(23-24-25(13)15-5-4-6-16(10-15)26(28)29)20(27)22-11-21(2,3)14-7-8-17-18(9-14)31-12-30-17/h4-10H,11-12H2,1-3H3,(H,22,27). The number of nitro benzene ring substituents is 1. The van der Waals surface area contributed by atoms with E-state index in [1.165, 1.54) is 16.8 Å². The highest BCUT2D eigenvalue weighted by molar-refractivity contribution is 5.93. The second-order valence-corrected chi connectivity index (χ2v) is 7.85. The first-order chi connectivity index (χ1) is 14.8. The molecule has 0 aliphatic carbocycles. The van der Waals surface area contributed by atoms with Gasteiger partial charge >= 0.3 is 0 Å². The molecule has 10 nitrogen and oxygen atoms in total. The van der Waals surface area contributed by atoms with Crippen molar-refractivity contribution in [2.75, 3.05) is 13.3 Å². The molecule has 1 aliphatic heterocycles. The number of non-ortho nitro benzene ring substituents is 1. The van der Waals surface area contributed by atoms with Crippen molar-refractivity contribution >= 4 is 11.6 Å². The number of aromatic nitrogens is 3. The number of ether oxygens (including phenoxy) is 2. The molecule has 1 N–H and O–H groups in total. The molecule has 0 bridgehead atoms. The largest absolute Gasteiger partial charge is 0.454 e. The molecule has 0 fully saturated rings. The first kappa shape index (κ1) is 20.3. The molecule has 0 unspecified atom stereocenters. The monoisotopic (exact) mass is 423 g/mol. The topological polar surface area (TPSA) is 121 Å². The third-order valence-corrected chi connectivity index (χ3v) is 5.24. The number of nitro groups is 1. The maximum atomic E-state index is 12.8. The molecule has 10 heteroatoms. The number of rotatable bonds is 6. The smallest absolute Gasteiger partial charge is 0.273 e. The molecule has 0 saturated heterocycles. The zero-order chi connectivity index (χ0) is 22.2. The molecule has 0 radical (unpaired) electrons. The summed E-state index contributed by atoms with van der Waals surface area (Å²) in [5, 5.41) is 21.9. The van der Waals surface area contributed by atoms with Crippen LogP contribution in [0.2, 0.25) is 0 Å². The van der Waals surface area contributed by atoms with E-state index >= 15 is 0 Å². The lowest BCUT2D eigenvalue weighted by Crippen LogP contribution is -2.37. The minimum absolute atomic E-state index is 0.0659. The summed E-state index contributed by atoms with van der Waals surface area (Å²) in [6.07, 6.45) is 0. The van der Waals surface area contributed by atoms with Crippen LogP contribution in [0.5, 0.6) is 11.5 Å². The molecule has 2 aromatic carbocycles. The molecule has 1 aromatic heterocycles. The summed E-state index contributed by atoms with van der Waals surface area (Å²) < 4.78 is 12.2. The number of fused-ring (bicyclic) bond motifs is 1. The molecule has 160 valence electrons. The highest BCUT2D eigenvalue weighted by atomic mass is 16.7. The predicted molar refractivity (Wildman–Crippen MR) is 111 cm³/mol. The van der Waals surface area contributed by atoms with Crippen LogP contribution < -0.4 is 14.8 Å². The molecule has 1 aliphatic rings. The maximum Gasteiger partial charge on any atom is 0.273 e. The number of nitrogens with one attached hydrogen (secondary N) is 1. The Bertz CT molecular complexity index is 1170. The van der Waals surface area contributed by atoms with Crippen molar-refractivity contribution in [2.24, 2.45) is 0 Å². The fraction of sp³-hybridized carbons (Fsp3) is 0.286. The van der Waals surface area contributed by atoms with Gasteiger partial charge in [-0.3, -0.25) is 14.9 Å². The summed E-state index contributed by atoms with van der Waals surface area (Å²) in [7, 11) is 0. The fourth-order valence-corrected chi connectivity index (χ4v) is 3.33. The third kappa shape index (κ3) is 3.91. The number of hydrogen-bond acceptors (Lipinski definition) is 7. The van der Waals surface area contributed by atoms with E-state index in [0.717, 1.165) is 5.56 Å². The molecule has 0 saturated carbocycles. The molecular weight excluding hydrogens is 402 g/mol. The van der Waals surface area contributed by atoms with Gasteiger partial charge in [0.25, 0.3) is 11.6 Å². The van der Waals surface area contributed by atoms with Gasteiger partial charge in [-0.2, -0.15) is 0 Å². The van der Waals surface area contributed by atoms with Crippen LogP contribution in [-0.2, 0) is 5.41 Å². The molecule has 0 spiro atoms. The SMILES string of the molecule is Cc1c(C(=O)NCC(C)(C)c2ccc3c(c2)OCO3)nnn1-c1cccc([N+](=O)[O-])c1. The van der Waals surface area contributed by atoms with Crippen LogP contribution in [0.15, 0.2) is 42.5 Å². The lowest BCUT2D eigenvalue weighted by atomic mass is 9.84. The van der Waals surface area contributed by atoms with Gasteiger partial charge in [0.15, 0.2) is 17.2 Å². The van der Waals surface area contributed by atoms with E-state index in [1.54, 1.807) is 19.1 Å². The van der Waals surface area contributed by atoms with Gasteiger partial charge in [0, 0.05) is 24.1 Å². The van der Waals surface area contributed by atoms with Crippen LogP contribution in [0, 0.1) is 17.0 Å². The van der Waals surface area contributed by atoms with E-state index in [2.05, 4.69) is 15.6 Å². The average molecular weight is 423 g/mol. The molecule has 31 heavy (non-hydrogen) atoms. The van der Waals surface area contributed by atoms with E-state index in [-0.39, 0.29) is 29.5 Å². The second-order valence-electron chi connectivity index (χ2n) is 7.85. The third-order valence-electron chi connectivity index (χ3n) is 5.24. The summed E-state index contributed by atoms with van der Waals surface area (Å²) in [6.45, 7) is 6.27. The number of benzene rings is 2. The fourth-order valence-electron chi connectivity index (χ4n) is 3.33. The van der Waals surface area contributed by atoms with Crippen molar-refractivity contribution in [1.29, 1.82) is 0 Å². The van der Waals surface area contributed by atoms with Crippen LogP contribution >= 0.6 is 0 Å². The van der Waals surface area contributed by atoms with Gasteiger partial charge in [-0.1, -0.05) is 31.2 Å². The summed E-state index contributed by atoms with van der Waals surface area (Å²) >= 11 is 0. The van der Waals surface area contributed by atoms with E-state index in [1.807, 2.05) is 32.0 Å². The number of carbonyl (C=O) groups is 1. The Morgan fingerprint density at radius 3 is 2.77 bits per heavy atom. The van der Waals surface area contributed by atoms with Crippen molar-refractivity contribution < 1.29 is 19.2 Å². The molecule has 4 rings (SSSR count). The quantitative estimate of drug-likeness (QED) is 0.478. The Kier molecular flexibility index (Phi) is 5.05. The van der Waals surface area contributed by atoms with E-state index < -0.39 is 4.92 Å². The molecule has 1 amide bonds. The van der Waals surface area contributed by atoms with E-state index in [4.69, 9.17) is 9.47 Å². The van der Waals surface area contributed by atoms with Gasteiger partial charge in [-0.15, -0.1) is 5.10 Å². The van der Waals surface area contributed by atoms with Gasteiger partial charge in [0.1, 0.15) is 0 Å². The maximum absolute atomic E-state index is 12.8. The zero-order valence-electron chi connectivity index (χ0n) is 17.3. The average Bonchev–Trinajstić information content (AvgIpc) is 3.38. The number of hydrogen-bond donors (Lipinski definition) is 1. The van der Waals surface area contributed by atoms with Gasteiger partial charge in [0.05, 0.1) is 16.3 Å². The van der Waals surface area contributed by atoms with Gasteiger partial charge < -0.3 is 14.8 Å². The normalized spacial score (nSPS) is 12.6. The minimum Gasteiger partial charge on any atom is -0.454 e. The predicted octanol–water partition coefficient (Wildman–Crippen LogP) is 2.92. The van der Waals surface area contributed by atoms with Crippen molar-refractivity contribution in [1.82, 2.24) is 20.3 Å². The molecule has 3 aromatic rings. The van der Waals surface area contributed by atoms with Crippen molar-refractivity contribution in [3.8, 4) is 17.2 Å². The Balaban J connectivity index is 1.49. The summed E-state index contributed by atoms with van der Waals surface area (Å²) in [4.78, 5) is 23.3. The van der Waals surface area contributed by atoms with Gasteiger partial charge in [-0.25, -0.2) is 4.68 Å². The number of amides is 1. The Hall–Kier alpha value is -3.95. The van der Waals surface area contributed by atoms with Gasteiger partial charge in [0.2, 0.25) is 6.79 Å². The number of carbonyl (C=O) groups excluding carboxylic acids is 1. The lowest BCUT2D eigenvalue weighted by Gasteiger charge is -2.25. The van der Waals surface area contributed by atoms with E-state index in [0.29, 0.717) is 29.4 Å². The molecule has 2 heterocycles. The molecule has 0 atom stereocenters. The Morgan fingerprint density at radius 2 is 2.00 bits per heavy atom. The van der Waals surface area contributed by atoms with Crippen LogP contribution in [-0.4, -0.2) is 39.2 Å². The van der Waals surface area contributed by atoms with Crippen LogP contribution in [0.1, 0.15) is 35.6 Å². The van der Waals surface area contributed by atoms with Crippen molar-refractivity contribution in [2.45, 2.75) is 26.2 Å². The highest BCUT2D eigenvalue weighted by Crippen LogP contribution is 2.36. The summed E-state index contributed by atoms with van der Waals surface area (Å²) in [5.41, 5.74) is 1.66. The van der Waals surface area contributed by atoms with Crippen LogP contribution in [0.25, 0.3) is 5.69 Å². The van der Waals surface area contributed by atoms with E-state index in [9.17, 15) is 14.9 Å². The highest BCUT2D eigenvalue weighted by Gasteiger charge is 2.26.